The van der Waals surface area contributed by atoms with Crippen LogP contribution in [-0.4, -0.2) is 14.5 Å². The molecular formula is C14H12ClN3. The van der Waals surface area contributed by atoms with Gasteiger partial charge in [0.2, 0.25) is 0 Å². The van der Waals surface area contributed by atoms with Crippen LogP contribution in [-0.2, 0) is 0 Å². The molecule has 0 aliphatic carbocycles. The minimum Gasteiger partial charge on any atom is -0.279 e. The van der Waals surface area contributed by atoms with E-state index in [2.05, 4.69) is 9.97 Å². The van der Waals surface area contributed by atoms with Crippen molar-refractivity contribution in [2.24, 2.45) is 0 Å². The molecule has 0 spiro atoms. The summed E-state index contributed by atoms with van der Waals surface area (Å²) < 4.78 is 2.01. The van der Waals surface area contributed by atoms with Crippen LogP contribution in [0.2, 0.25) is 0 Å². The third kappa shape index (κ3) is 1.77. The summed E-state index contributed by atoms with van der Waals surface area (Å²) in [5.74, 6) is 0.816. The third-order valence-electron chi connectivity index (χ3n) is 2.81. The van der Waals surface area contributed by atoms with E-state index in [4.69, 9.17) is 11.6 Å². The fourth-order valence-electron chi connectivity index (χ4n) is 2.03. The van der Waals surface area contributed by atoms with Gasteiger partial charge in [-0.25, -0.2) is 9.97 Å². The van der Waals surface area contributed by atoms with Gasteiger partial charge in [-0.2, -0.15) is 0 Å². The SMILES string of the molecule is CC(Cl)c1nc2cccnc2n1-c1ccccc1. The maximum atomic E-state index is 6.22. The van der Waals surface area contributed by atoms with Crippen molar-refractivity contribution in [2.45, 2.75) is 12.3 Å². The Morgan fingerprint density at radius 1 is 1.11 bits per heavy atom. The lowest BCUT2D eigenvalue weighted by Crippen LogP contribution is -2.02. The molecule has 3 aromatic rings. The Bertz CT molecular complexity index is 674. The molecule has 0 saturated carbocycles. The van der Waals surface area contributed by atoms with Crippen LogP contribution in [0.15, 0.2) is 48.7 Å². The number of alkyl halides is 1. The number of nitrogens with zero attached hydrogens (tertiary/aromatic N) is 3. The van der Waals surface area contributed by atoms with Gasteiger partial charge in [0.1, 0.15) is 11.3 Å². The second-order valence-corrected chi connectivity index (χ2v) is 4.76. The van der Waals surface area contributed by atoms with Crippen molar-refractivity contribution in [3.63, 3.8) is 0 Å². The van der Waals surface area contributed by atoms with Crippen LogP contribution in [0.5, 0.6) is 0 Å². The van der Waals surface area contributed by atoms with E-state index >= 15 is 0 Å². The fraction of sp³-hybridized carbons (Fsp3) is 0.143. The molecule has 1 atom stereocenters. The van der Waals surface area contributed by atoms with Gasteiger partial charge in [0.05, 0.1) is 5.38 Å². The van der Waals surface area contributed by atoms with Gasteiger partial charge in [0.15, 0.2) is 5.65 Å². The molecule has 3 nitrogen and oxygen atoms in total. The standard InChI is InChI=1S/C14H12ClN3/c1-10(15)13-17-12-8-5-9-16-14(12)18(13)11-6-3-2-4-7-11/h2-10H,1H3. The summed E-state index contributed by atoms with van der Waals surface area (Å²) in [6, 6.07) is 13.9. The van der Waals surface area contributed by atoms with E-state index in [0.717, 1.165) is 22.7 Å². The molecule has 0 radical (unpaired) electrons. The average Bonchev–Trinajstić information content (AvgIpc) is 2.79. The first-order valence-electron chi connectivity index (χ1n) is 5.80. The number of hydrogen-bond donors (Lipinski definition) is 0. The summed E-state index contributed by atoms with van der Waals surface area (Å²) in [6.07, 6.45) is 1.77. The number of para-hydroxylation sites is 1. The van der Waals surface area contributed by atoms with Crippen molar-refractivity contribution in [1.82, 2.24) is 14.5 Å². The van der Waals surface area contributed by atoms with Crippen molar-refractivity contribution >= 4 is 22.8 Å². The van der Waals surface area contributed by atoms with E-state index in [1.807, 2.05) is 54.0 Å². The monoisotopic (exact) mass is 257 g/mol. The van der Waals surface area contributed by atoms with Gasteiger partial charge in [0, 0.05) is 11.9 Å². The van der Waals surface area contributed by atoms with Crippen molar-refractivity contribution in [2.75, 3.05) is 0 Å². The van der Waals surface area contributed by atoms with Gasteiger partial charge in [-0.05, 0) is 31.2 Å². The maximum Gasteiger partial charge on any atom is 0.164 e. The van der Waals surface area contributed by atoms with E-state index in [9.17, 15) is 0 Å². The molecule has 2 aromatic heterocycles. The topological polar surface area (TPSA) is 30.7 Å². The van der Waals surface area contributed by atoms with Gasteiger partial charge < -0.3 is 0 Å². The van der Waals surface area contributed by atoms with E-state index in [-0.39, 0.29) is 5.38 Å². The zero-order valence-corrected chi connectivity index (χ0v) is 10.7. The highest BCUT2D eigenvalue weighted by atomic mass is 35.5. The first-order chi connectivity index (χ1) is 8.77. The quantitative estimate of drug-likeness (QED) is 0.655. The molecule has 0 aliphatic rings. The lowest BCUT2D eigenvalue weighted by Gasteiger charge is -2.09. The van der Waals surface area contributed by atoms with Crippen molar-refractivity contribution in [3.05, 3.63) is 54.5 Å². The largest absolute Gasteiger partial charge is 0.279 e. The molecule has 2 heterocycles. The minimum atomic E-state index is -0.167. The second-order valence-electron chi connectivity index (χ2n) is 4.10. The minimum absolute atomic E-state index is 0.167. The van der Waals surface area contributed by atoms with Gasteiger partial charge in [-0.3, -0.25) is 4.57 Å². The van der Waals surface area contributed by atoms with E-state index in [0.29, 0.717) is 0 Å². The second kappa shape index (κ2) is 4.42. The molecule has 18 heavy (non-hydrogen) atoms. The van der Waals surface area contributed by atoms with Crippen LogP contribution in [0.3, 0.4) is 0 Å². The van der Waals surface area contributed by atoms with Gasteiger partial charge in [-0.1, -0.05) is 18.2 Å². The van der Waals surface area contributed by atoms with Crippen LogP contribution < -0.4 is 0 Å². The summed E-state index contributed by atoms with van der Waals surface area (Å²) in [6.45, 7) is 1.92. The first-order valence-corrected chi connectivity index (χ1v) is 6.24. The molecular weight excluding hydrogens is 246 g/mol. The number of benzene rings is 1. The number of pyridine rings is 1. The van der Waals surface area contributed by atoms with Crippen LogP contribution in [0.4, 0.5) is 0 Å². The lowest BCUT2D eigenvalue weighted by atomic mass is 10.3. The number of fused-ring (bicyclic) bond motifs is 1. The summed E-state index contributed by atoms with van der Waals surface area (Å²) in [5, 5.41) is -0.167. The van der Waals surface area contributed by atoms with Gasteiger partial charge >= 0.3 is 0 Å². The van der Waals surface area contributed by atoms with Gasteiger partial charge in [0.25, 0.3) is 0 Å². The maximum absolute atomic E-state index is 6.22. The molecule has 0 fully saturated rings. The van der Waals surface area contributed by atoms with E-state index in [1.54, 1.807) is 6.20 Å². The highest BCUT2D eigenvalue weighted by Gasteiger charge is 2.16. The lowest BCUT2D eigenvalue weighted by molar-refractivity contribution is 0.877. The van der Waals surface area contributed by atoms with Gasteiger partial charge in [-0.15, -0.1) is 11.6 Å². The summed E-state index contributed by atoms with van der Waals surface area (Å²) >= 11 is 6.22. The Balaban J connectivity index is 2.35. The Hall–Kier alpha value is -1.87. The molecule has 90 valence electrons. The molecule has 0 amide bonds. The zero-order valence-electron chi connectivity index (χ0n) is 9.92. The van der Waals surface area contributed by atoms with Crippen molar-refractivity contribution in [1.29, 1.82) is 0 Å². The van der Waals surface area contributed by atoms with E-state index in [1.165, 1.54) is 0 Å². The molecule has 0 bridgehead atoms. The number of hydrogen-bond acceptors (Lipinski definition) is 2. The highest BCUT2D eigenvalue weighted by molar-refractivity contribution is 6.20. The average molecular weight is 258 g/mol. The zero-order chi connectivity index (χ0) is 12.5. The van der Waals surface area contributed by atoms with E-state index < -0.39 is 0 Å². The fourth-order valence-corrected chi connectivity index (χ4v) is 2.17. The van der Waals surface area contributed by atoms with Crippen molar-refractivity contribution in [3.8, 4) is 5.69 Å². The van der Waals surface area contributed by atoms with Crippen LogP contribution in [0.1, 0.15) is 18.1 Å². The van der Waals surface area contributed by atoms with Crippen LogP contribution in [0, 0.1) is 0 Å². The Morgan fingerprint density at radius 3 is 2.61 bits per heavy atom. The van der Waals surface area contributed by atoms with Crippen LogP contribution >= 0.6 is 11.6 Å². The molecule has 0 N–H and O–H groups in total. The summed E-state index contributed by atoms with van der Waals surface area (Å²) in [5.41, 5.74) is 2.73. The number of aromatic nitrogens is 3. The summed E-state index contributed by atoms with van der Waals surface area (Å²) in [7, 11) is 0. The molecule has 0 aliphatic heterocycles. The Morgan fingerprint density at radius 2 is 1.89 bits per heavy atom. The van der Waals surface area contributed by atoms with Crippen LogP contribution in [0.25, 0.3) is 16.9 Å². The number of imidazole rings is 1. The highest BCUT2D eigenvalue weighted by Crippen LogP contribution is 2.26. The molecule has 1 aromatic carbocycles. The molecule has 0 saturated heterocycles. The number of halogens is 1. The normalized spacial score (nSPS) is 12.8. The molecule has 1 unspecified atom stereocenters. The smallest absolute Gasteiger partial charge is 0.164 e. The Kier molecular flexibility index (Phi) is 2.76. The first kappa shape index (κ1) is 11.2. The third-order valence-corrected chi connectivity index (χ3v) is 3.01. The summed E-state index contributed by atoms with van der Waals surface area (Å²) in [4.78, 5) is 8.96. The van der Waals surface area contributed by atoms with Crippen molar-refractivity contribution < 1.29 is 0 Å². The Labute approximate surface area is 110 Å². The predicted molar refractivity (Wildman–Crippen MR) is 73.1 cm³/mol. The molecule has 3 rings (SSSR count). The molecule has 4 heteroatoms. The number of rotatable bonds is 2. The predicted octanol–water partition coefficient (Wildman–Crippen LogP) is 3.72.